The van der Waals surface area contributed by atoms with Gasteiger partial charge in [-0.3, -0.25) is 4.39 Å². The highest BCUT2D eigenvalue weighted by Crippen LogP contribution is 2.17. The van der Waals surface area contributed by atoms with Crippen molar-refractivity contribution in [1.29, 1.82) is 0 Å². The topological polar surface area (TPSA) is 12.0 Å². The summed E-state index contributed by atoms with van der Waals surface area (Å²) < 4.78 is 37.4. The second-order valence-corrected chi connectivity index (χ2v) is 2.57. The molecule has 0 radical (unpaired) electrons. The Bertz CT molecular complexity index is 255. The van der Waals surface area contributed by atoms with Gasteiger partial charge in [0.25, 0.3) is 0 Å². The Kier molecular flexibility index (Phi) is 3.61. The second-order valence-electron chi connectivity index (χ2n) is 2.57. The molecule has 0 saturated carbocycles. The lowest BCUT2D eigenvalue weighted by Crippen LogP contribution is -2.05. The van der Waals surface area contributed by atoms with Gasteiger partial charge in [0, 0.05) is 6.54 Å². The van der Waals surface area contributed by atoms with Gasteiger partial charge in [0.05, 0.1) is 6.67 Å². The first-order valence-electron chi connectivity index (χ1n) is 3.99. The molecule has 0 bridgehead atoms. The molecule has 1 aromatic carbocycles. The third-order valence-electron chi connectivity index (χ3n) is 1.57. The van der Waals surface area contributed by atoms with E-state index in [9.17, 15) is 13.2 Å². The van der Waals surface area contributed by atoms with Gasteiger partial charge in [-0.25, -0.2) is 8.78 Å². The van der Waals surface area contributed by atoms with Crippen molar-refractivity contribution in [2.45, 2.75) is 6.42 Å². The van der Waals surface area contributed by atoms with Gasteiger partial charge in [0.15, 0.2) is 0 Å². The molecule has 1 nitrogen and oxygen atoms in total. The Morgan fingerprint density at radius 2 is 1.77 bits per heavy atom. The van der Waals surface area contributed by atoms with E-state index in [4.69, 9.17) is 0 Å². The highest BCUT2D eigenvalue weighted by Gasteiger charge is 2.06. The van der Waals surface area contributed by atoms with Crippen LogP contribution in [0.15, 0.2) is 18.2 Å². The number of nitrogens with one attached hydrogen (secondary N) is 1. The number of halogens is 3. The molecule has 0 spiro atoms. The first-order chi connectivity index (χ1) is 6.25. The first-order valence-corrected chi connectivity index (χ1v) is 3.99. The fourth-order valence-electron chi connectivity index (χ4n) is 0.947. The Balaban J connectivity index is 2.64. The van der Waals surface area contributed by atoms with Crippen LogP contribution in [0.25, 0.3) is 0 Å². The van der Waals surface area contributed by atoms with Gasteiger partial charge in [0.1, 0.15) is 17.3 Å². The lowest BCUT2D eigenvalue weighted by atomic mass is 10.3. The smallest absolute Gasteiger partial charge is 0.149 e. The number of anilines is 1. The van der Waals surface area contributed by atoms with Crippen LogP contribution >= 0.6 is 0 Å². The third kappa shape index (κ3) is 2.65. The summed E-state index contributed by atoms with van der Waals surface area (Å²) in [4.78, 5) is 0. The molecule has 0 atom stereocenters. The molecular weight excluding hydrogens is 179 g/mol. The molecule has 0 fully saturated rings. The van der Waals surface area contributed by atoms with Crippen LogP contribution in [-0.4, -0.2) is 13.2 Å². The quantitative estimate of drug-likeness (QED) is 0.718. The molecule has 0 unspecified atom stereocenters. The Labute approximate surface area is 74.6 Å². The zero-order valence-corrected chi connectivity index (χ0v) is 6.99. The van der Waals surface area contributed by atoms with Crippen LogP contribution in [0, 0.1) is 11.6 Å². The number of hydrogen-bond acceptors (Lipinski definition) is 1. The summed E-state index contributed by atoms with van der Waals surface area (Å²) in [6.07, 6.45) is 0.244. The predicted molar refractivity (Wildman–Crippen MR) is 45.4 cm³/mol. The lowest BCUT2D eigenvalue weighted by Gasteiger charge is -2.06. The van der Waals surface area contributed by atoms with Gasteiger partial charge in [-0.2, -0.15) is 0 Å². The maximum absolute atomic E-state index is 12.9. The highest BCUT2D eigenvalue weighted by molar-refractivity contribution is 5.45. The molecule has 0 heterocycles. The standard InChI is InChI=1S/C9H10F3N/c10-5-2-6-13-9-7(11)3-1-4-8(9)12/h1,3-4,13H,2,5-6H2. The second kappa shape index (κ2) is 4.74. The summed E-state index contributed by atoms with van der Waals surface area (Å²) >= 11 is 0. The third-order valence-corrected chi connectivity index (χ3v) is 1.57. The predicted octanol–water partition coefficient (Wildman–Crippen LogP) is 2.74. The van der Waals surface area contributed by atoms with E-state index in [1.807, 2.05) is 0 Å². The van der Waals surface area contributed by atoms with Gasteiger partial charge in [-0.05, 0) is 18.6 Å². The van der Waals surface area contributed by atoms with Crippen molar-refractivity contribution in [1.82, 2.24) is 0 Å². The molecule has 0 aromatic heterocycles. The molecule has 0 aliphatic carbocycles. The van der Waals surface area contributed by atoms with E-state index >= 15 is 0 Å². The molecule has 0 amide bonds. The molecule has 1 N–H and O–H groups in total. The number of hydrogen-bond donors (Lipinski definition) is 1. The Hall–Kier alpha value is -1.19. The summed E-state index contributed by atoms with van der Waals surface area (Å²) in [5.74, 6) is -1.31. The monoisotopic (exact) mass is 189 g/mol. The fraction of sp³-hybridized carbons (Fsp3) is 0.333. The summed E-state index contributed by atoms with van der Waals surface area (Å²) in [5, 5.41) is 2.49. The van der Waals surface area contributed by atoms with Crippen LogP contribution in [0.5, 0.6) is 0 Å². The van der Waals surface area contributed by atoms with Crippen LogP contribution < -0.4 is 5.32 Å². The van der Waals surface area contributed by atoms with Gasteiger partial charge in [-0.1, -0.05) is 6.07 Å². The zero-order valence-electron chi connectivity index (χ0n) is 6.99. The van der Waals surface area contributed by atoms with Crippen molar-refractivity contribution in [3.8, 4) is 0 Å². The minimum Gasteiger partial charge on any atom is -0.380 e. The van der Waals surface area contributed by atoms with Crippen LogP contribution in [0.1, 0.15) is 6.42 Å². The lowest BCUT2D eigenvalue weighted by molar-refractivity contribution is 0.480. The number of para-hydroxylation sites is 1. The summed E-state index contributed by atoms with van der Waals surface area (Å²) in [7, 11) is 0. The van der Waals surface area contributed by atoms with E-state index in [2.05, 4.69) is 5.32 Å². The molecule has 13 heavy (non-hydrogen) atoms. The summed E-state index contributed by atoms with van der Waals surface area (Å²) in [6.45, 7) is -0.266. The Morgan fingerprint density at radius 3 is 2.31 bits per heavy atom. The van der Waals surface area contributed by atoms with Gasteiger partial charge < -0.3 is 5.32 Å². The van der Waals surface area contributed by atoms with Gasteiger partial charge >= 0.3 is 0 Å². The number of benzene rings is 1. The van der Waals surface area contributed by atoms with Crippen molar-refractivity contribution < 1.29 is 13.2 Å². The van der Waals surface area contributed by atoms with Crippen molar-refractivity contribution in [2.75, 3.05) is 18.5 Å². The average molecular weight is 189 g/mol. The maximum atomic E-state index is 12.9. The van der Waals surface area contributed by atoms with E-state index < -0.39 is 18.3 Å². The molecule has 1 rings (SSSR count). The molecule has 4 heteroatoms. The molecule has 0 aliphatic rings. The maximum Gasteiger partial charge on any atom is 0.149 e. The zero-order chi connectivity index (χ0) is 9.68. The van der Waals surface area contributed by atoms with Crippen LogP contribution in [-0.2, 0) is 0 Å². The number of rotatable bonds is 4. The van der Waals surface area contributed by atoms with Gasteiger partial charge in [-0.15, -0.1) is 0 Å². The van der Waals surface area contributed by atoms with Crippen molar-refractivity contribution >= 4 is 5.69 Å². The Morgan fingerprint density at radius 1 is 1.15 bits per heavy atom. The fourth-order valence-corrected chi connectivity index (χ4v) is 0.947. The average Bonchev–Trinajstić information content (AvgIpc) is 2.10. The van der Waals surface area contributed by atoms with Gasteiger partial charge in [0.2, 0.25) is 0 Å². The minimum atomic E-state index is -0.654. The van der Waals surface area contributed by atoms with Crippen molar-refractivity contribution in [3.05, 3.63) is 29.8 Å². The molecule has 1 aromatic rings. The molecule has 0 aliphatic heterocycles. The van der Waals surface area contributed by atoms with Crippen molar-refractivity contribution in [2.24, 2.45) is 0 Å². The molecule has 72 valence electrons. The van der Waals surface area contributed by atoms with E-state index in [1.165, 1.54) is 6.07 Å². The largest absolute Gasteiger partial charge is 0.380 e. The van der Waals surface area contributed by atoms with E-state index in [0.29, 0.717) is 0 Å². The minimum absolute atomic E-state index is 0.184. The summed E-state index contributed by atoms with van der Waals surface area (Å²) in [5.41, 5.74) is -0.184. The van der Waals surface area contributed by atoms with Crippen LogP contribution in [0.2, 0.25) is 0 Å². The van der Waals surface area contributed by atoms with Crippen LogP contribution in [0.4, 0.5) is 18.9 Å². The molecule has 0 saturated heterocycles. The SMILES string of the molecule is FCCCNc1c(F)cccc1F. The normalized spacial score (nSPS) is 10.1. The summed E-state index contributed by atoms with van der Waals surface area (Å²) in [6, 6.07) is 3.59. The highest BCUT2D eigenvalue weighted by atomic mass is 19.1. The van der Waals surface area contributed by atoms with E-state index in [1.54, 1.807) is 0 Å². The molecular formula is C9H10F3N. The van der Waals surface area contributed by atoms with E-state index in [-0.39, 0.29) is 18.7 Å². The van der Waals surface area contributed by atoms with Crippen molar-refractivity contribution in [3.63, 3.8) is 0 Å². The van der Waals surface area contributed by atoms with E-state index in [0.717, 1.165) is 12.1 Å². The van der Waals surface area contributed by atoms with Crippen LogP contribution in [0.3, 0.4) is 0 Å². The first kappa shape index (κ1) is 9.89. The number of alkyl halides is 1.